The monoisotopic (exact) mass is 1230 g/mol. The molecule has 0 aromatic rings. The van der Waals surface area contributed by atoms with Crippen LogP contribution in [0.15, 0.2) is 24.3 Å². The van der Waals surface area contributed by atoms with Crippen LogP contribution in [-0.2, 0) is 18.4 Å². The van der Waals surface area contributed by atoms with E-state index in [4.69, 9.17) is 9.05 Å². The summed E-state index contributed by atoms with van der Waals surface area (Å²) >= 11 is 0. The fourth-order valence-electron chi connectivity index (χ4n) is 12.2. The maximum Gasteiger partial charge on any atom is 0.472 e. The summed E-state index contributed by atoms with van der Waals surface area (Å²) in [6, 6.07) is -0.759. The molecule has 9 heteroatoms. The van der Waals surface area contributed by atoms with E-state index in [1.807, 2.05) is 21.1 Å². The number of aliphatic hydroxyl groups excluding tert-OH is 1. The van der Waals surface area contributed by atoms with E-state index in [1.54, 1.807) is 0 Å². The van der Waals surface area contributed by atoms with Gasteiger partial charge in [-0.3, -0.25) is 13.8 Å². The van der Waals surface area contributed by atoms with Crippen molar-refractivity contribution in [2.24, 2.45) is 0 Å². The molecule has 0 aliphatic heterocycles. The Morgan fingerprint density at radius 2 is 0.663 bits per heavy atom. The highest BCUT2D eigenvalue weighted by Crippen LogP contribution is 2.43. The number of allylic oxidation sites excluding steroid dienone is 4. The number of phosphoric ester groups is 1. The molecule has 0 saturated carbocycles. The quantitative estimate of drug-likeness (QED) is 0.0243. The zero-order chi connectivity index (χ0) is 62.6. The van der Waals surface area contributed by atoms with Gasteiger partial charge in [0.05, 0.1) is 39.9 Å². The first-order valence-corrected chi connectivity index (χ1v) is 40.2. The molecule has 0 rings (SSSR count). The first-order chi connectivity index (χ1) is 42.0. The molecule has 0 heterocycles. The lowest BCUT2D eigenvalue weighted by Crippen LogP contribution is -2.46. The molecular formula is C77H154N2O6P+. The second-order valence-corrected chi connectivity index (χ2v) is 29.5. The Morgan fingerprint density at radius 3 is 0.953 bits per heavy atom. The van der Waals surface area contributed by atoms with Crippen molar-refractivity contribution in [1.29, 1.82) is 0 Å². The Bertz CT molecular complexity index is 1450. The third kappa shape index (κ3) is 70.4. The van der Waals surface area contributed by atoms with Crippen molar-refractivity contribution in [1.82, 2.24) is 5.32 Å². The highest BCUT2D eigenvalue weighted by atomic mass is 31.2. The summed E-state index contributed by atoms with van der Waals surface area (Å²) in [5, 5.41) is 14.2. The average molecular weight is 1240 g/mol. The minimum absolute atomic E-state index is 0.0784. The molecule has 3 N–H and O–H groups in total. The molecule has 86 heavy (non-hydrogen) atoms. The molecule has 0 bridgehead atoms. The van der Waals surface area contributed by atoms with Gasteiger partial charge in [0.25, 0.3) is 0 Å². The molecule has 1 amide bonds. The van der Waals surface area contributed by atoms with Crippen LogP contribution in [0.25, 0.3) is 0 Å². The number of rotatable bonds is 73. The van der Waals surface area contributed by atoms with Crippen molar-refractivity contribution >= 4 is 13.7 Å². The van der Waals surface area contributed by atoms with E-state index in [9.17, 15) is 19.4 Å². The van der Waals surface area contributed by atoms with Crippen LogP contribution >= 0.6 is 7.82 Å². The molecular weight excluding hydrogens is 1080 g/mol. The topological polar surface area (TPSA) is 105 Å². The molecule has 0 aliphatic carbocycles. The Hall–Kier alpha value is -1.02. The standard InChI is InChI=1S/C77H153N2O6P/c1-6-8-10-12-14-16-18-20-22-24-26-28-30-31-32-33-34-35-36-37-38-39-40-41-42-43-44-45-46-47-49-51-53-55-57-59-61-63-65-67-69-71-77(81)78-75(74-85-86(82,83)84-73-72-79(3,4)5)76(80)70-68-66-64-62-60-58-56-54-52-50-48-29-27-25-23-21-19-17-15-13-11-9-7-2/h18,20,24,26,75-76,80H,6-17,19,21-23,25,27-74H2,1-5H3,(H-,78,81,82,83)/p+1/b20-18-,26-24-. The molecule has 0 aromatic carbocycles. The van der Waals surface area contributed by atoms with E-state index < -0.39 is 20.0 Å². The van der Waals surface area contributed by atoms with Gasteiger partial charge in [0, 0.05) is 6.42 Å². The van der Waals surface area contributed by atoms with Gasteiger partial charge in [-0.05, 0) is 44.9 Å². The van der Waals surface area contributed by atoms with Gasteiger partial charge in [-0.1, -0.05) is 385 Å². The summed E-state index contributed by atoms with van der Waals surface area (Å²) in [6.45, 7) is 4.95. The number of aliphatic hydroxyl groups is 1. The smallest absolute Gasteiger partial charge is 0.391 e. The highest BCUT2D eigenvalue weighted by molar-refractivity contribution is 7.47. The minimum atomic E-state index is -4.33. The fourth-order valence-corrected chi connectivity index (χ4v) is 12.9. The number of hydrogen-bond donors (Lipinski definition) is 3. The van der Waals surface area contributed by atoms with Gasteiger partial charge in [-0.2, -0.15) is 0 Å². The van der Waals surface area contributed by atoms with Gasteiger partial charge < -0.3 is 19.8 Å². The van der Waals surface area contributed by atoms with E-state index in [2.05, 4.69) is 43.5 Å². The van der Waals surface area contributed by atoms with Crippen molar-refractivity contribution in [2.45, 2.75) is 424 Å². The largest absolute Gasteiger partial charge is 0.472 e. The third-order valence-corrected chi connectivity index (χ3v) is 19.2. The summed E-state index contributed by atoms with van der Waals surface area (Å²) < 4.78 is 23.9. The Balaban J connectivity index is 3.86. The van der Waals surface area contributed by atoms with Crippen LogP contribution in [0.4, 0.5) is 0 Å². The van der Waals surface area contributed by atoms with Gasteiger partial charge in [0.1, 0.15) is 13.2 Å². The molecule has 3 atom stereocenters. The van der Waals surface area contributed by atoms with Crippen molar-refractivity contribution < 1.29 is 32.9 Å². The van der Waals surface area contributed by atoms with Crippen LogP contribution in [0.2, 0.25) is 0 Å². The Labute approximate surface area is 538 Å². The molecule has 3 unspecified atom stereocenters. The number of phosphoric acid groups is 1. The first-order valence-electron chi connectivity index (χ1n) is 38.7. The number of unbranched alkanes of at least 4 members (excludes halogenated alkanes) is 56. The number of hydrogen-bond acceptors (Lipinski definition) is 5. The van der Waals surface area contributed by atoms with Crippen molar-refractivity contribution in [2.75, 3.05) is 40.9 Å². The number of nitrogens with one attached hydrogen (secondary N) is 1. The normalized spacial score (nSPS) is 13.6. The first kappa shape index (κ1) is 85.0. The molecule has 0 saturated heterocycles. The average Bonchev–Trinajstić information content (AvgIpc) is 3.70. The van der Waals surface area contributed by atoms with Crippen molar-refractivity contribution in [3.63, 3.8) is 0 Å². The SMILES string of the molecule is CCCCCCC/C=C\C/C=C\CCCCCCCCCCCCCCCCCCCCCCCCCCCCCCCC(=O)NC(COP(=O)(O)OCC[N+](C)(C)C)C(O)CCCCCCCCCCCCCCCCCCCCCCCCC. The number of nitrogens with zero attached hydrogens (tertiary/aromatic N) is 1. The lowest BCUT2D eigenvalue weighted by Gasteiger charge is -2.26. The maximum absolute atomic E-state index is 13.1. The Kier molecular flexibility index (Phi) is 67.5. The number of carbonyl (C=O) groups is 1. The van der Waals surface area contributed by atoms with E-state index in [1.165, 1.54) is 340 Å². The second-order valence-electron chi connectivity index (χ2n) is 28.1. The Morgan fingerprint density at radius 1 is 0.395 bits per heavy atom. The van der Waals surface area contributed by atoms with Gasteiger partial charge in [-0.15, -0.1) is 0 Å². The number of amides is 1. The third-order valence-electron chi connectivity index (χ3n) is 18.2. The molecule has 0 spiro atoms. The minimum Gasteiger partial charge on any atom is -0.391 e. The molecule has 8 nitrogen and oxygen atoms in total. The summed E-state index contributed by atoms with van der Waals surface area (Å²) in [6.07, 6.45) is 90.4. The summed E-state index contributed by atoms with van der Waals surface area (Å²) in [7, 11) is 1.64. The molecule has 0 fully saturated rings. The van der Waals surface area contributed by atoms with Crippen LogP contribution in [-0.4, -0.2) is 73.4 Å². The molecule has 0 aliphatic rings. The van der Waals surface area contributed by atoms with Crippen LogP contribution in [0.3, 0.4) is 0 Å². The lowest BCUT2D eigenvalue weighted by molar-refractivity contribution is -0.870. The van der Waals surface area contributed by atoms with E-state index in [0.29, 0.717) is 23.9 Å². The summed E-state index contributed by atoms with van der Waals surface area (Å²) in [4.78, 5) is 23.5. The van der Waals surface area contributed by atoms with Gasteiger partial charge in [0.15, 0.2) is 0 Å². The molecule has 0 radical (unpaired) electrons. The van der Waals surface area contributed by atoms with Crippen LogP contribution in [0, 0.1) is 0 Å². The molecule has 512 valence electrons. The van der Waals surface area contributed by atoms with E-state index in [-0.39, 0.29) is 19.1 Å². The lowest BCUT2D eigenvalue weighted by atomic mass is 10.0. The van der Waals surface area contributed by atoms with Gasteiger partial charge >= 0.3 is 7.82 Å². The summed E-state index contributed by atoms with van der Waals surface area (Å²) in [5.74, 6) is -0.134. The van der Waals surface area contributed by atoms with Crippen molar-refractivity contribution in [3.8, 4) is 0 Å². The predicted molar refractivity (Wildman–Crippen MR) is 378 cm³/mol. The second kappa shape index (κ2) is 68.3. The number of likely N-dealkylation sites (N-methyl/N-ethyl adjacent to an activating group) is 1. The zero-order valence-corrected chi connectivity index (χ0v) is 59.7. The predicted octanol–water partition coefficient (Wildman–Crippen LogP) is 25.0. The van der Waals surface area contributed by atoms with Gasteiger partial charge in [0.2, 0.25) is 5.91 Å². The maximum atomic E-state index is 13.1. The molecule has 0 aromatic heterocycles. The number of quaternary nitrogens is 1. The van der Waals surface area contributed by atoms with Crippen LogP contribution < -0.4 is 5.32 Å². The van der Waals surface area contributed by atoms with Crippen molar-refractivity contribution in [3.05, 3.63) is 24.3 Å². The summed E-state index contributed by atoms with van der Waals surface area (Å²) in [5.41, 5.74) is 0. The van der Waals surface area contributed by atoms with Gasteiger partial charge in [-0.25, -0.2) is 4.57 Å². The van der Waals surface area contributed by atoms with E-state index in [0.717, 1.165) is 44.9 Å². The van der Waals surface area contributed by atoms with E-state index >= 15 is 0 Å². The zero-order valence-electron chi connectivity index (χ0n) is 58.8. The number of carbonyl (C=O) groups excluding carboxylic acids is 1. The fraction of sp³-hybridized carbons (Fsp3) is 0.935. The van der Waals surface area contributed by atoms with Crippen LogP contribution in [0.1, 0.15) is 412 Å². The highest BCUT2D eigenvalue weighted by Gasteiger charge is 2.28. The van der Waals surface area contributed by atoms with Crippen LogP contribution in [0.5, 0.6) is 0 Å².